The van der Waals surface area contributed by atoms with Crippen LogP contribution in [0.1, 0.15) is 34.1 Å². The van der Waals surface area contributed by atoms with E-state index in [0.29, 0.717) is 12.0 Å². The van der Waals surface area contributed by atoms with E-state index in [-0.39, 0.29) is 5.91 Å². The Balaban J connectivity index is 2.79. The number of hydrogen-bond donors (Lipinski definition) is 1. The number of hydrogen-bond acceptors (Lipinski definition) is 2. The van der Waals surface area contributed by atoms with Crippen molar-refractivity contribution in [2.45, 2.75) is 40.2 Å². The molecule has 1 aromatic carbocycles. The molecule has 0 saturated heterocycles. The largest absolute Gasteiger partial charge is 0.382 e. The quantitative estimate of drug-likeness (QED) is 0.864. The van der Waals surface area contributed by atoms with Crippen molar-refractivity contribution in [2.75, 3.05) is 17.3 Å². The maximum absolute atomic E-state index is 11.3. The van der Waals surface area contributed by atoms with Crippen LogP contribution in [0.5, 0.6) is 0 Å². The van der Waals surface area contributed by atoms with E-state index in [0.717, 1.165) is 17.8 Å². The Bertz CT molecular complexity index is 403. The third-order valence-electron chi connectivity index (χ3n) is 3.60. The maximum Gasteiger partial charge on any atom is 0.223 e. The molecule has 0 bridgehead atoms. The topological polar surface area (TPSA) is 32.3 Å². The van der Waals surface area contributed by atoms with Gasteiger partial charge in [-0.3, -0.25) is 4.79 Å². The summed E-state index contributed by atoms with van der Waals surface area (Å²) in [6.07, 6.45) is 1.15. The third-order valence-corrected chi connectivity index (χ3v) is 3.60. The number of carbonyl (C=O) groups is 1. The first-order valence-electron chi connectivity index (χ1n) is 6.56. The Labute approximate surface area is 110 Å². The number of rotatable bonds is 5. The Kier molecular flexibility index (Phi) is 5.20. The summed E-state index contributed by atoms with van der Waals surface area (Å²) in [5, 5.41) is 3.49. The van der Waals surface area contributed by atoms with E-state index in [1.54, 1.807) is 18.9 Å². The van der Waals surface area contributed by atoms with Gasteiger partial charge in [-0.1, -0.05) is 26.3 Å². The summed E-state index contributed by atoms with van der Waals surface area (Å²) >= 11 is 0. The predicted molar refractivity (Wildman–Crippen MR) is 78.1 cm³/mol. The van der Waals surface area contributed by atoms with Gasteiger partial charge in [0, 0.05) is 31.4 Å². The van der Waals surface area contributed by atoms with E-state index in [1.165, 1.54) is 0 Å². The minimum absolute atomic E-state index is 0.0436. The van der Waals surface area contributed by atoms with Gasteiger partial charge in [0.1, 0.15) is 0 Å². The number of carbonyl (C=O) groups excluding carboxylic acids is 1. The van der Waals surface area contributed by atoms with Gasteiger partial charge in [-0.25, -0.2) is 0 Å². The highest BCUT2D eigenvalue weighted by Crippen LogP contribution is 2.21. The fourth-order valence-electron chi connectivity index (χ4n) is 1.74. The molecule has 0 spiro atoms. The highest BCUT2D eigenvalue weighted by molar-refractivity contribution is 5.91. The van der Waals surface area contributed by atoms with Crippen molar-refractivity contribution in [3.63, 3.8) is 0 Å². The molecule has 1 amide bonds. The number of nitrogens with one attached hydrogen (secondary N) is 1. The average molecular weight is 248 g/mol. The predicted octanol–water partition coefficient (Wildman–Crippen LogP) is 3.52. The summed E-state index contributed by atoms with van der Waals surface area (Å²) in [5.74, 6) is 0.668. The summed E-state index contributed by atoms with van der Waals surface area (Å²) in [6.45, 7) is 8.20. The van der Waals surface area contributed by atoms with Gasteiger partial charge in [0.2, 0.25) is 5.91 Å². The molecular weight excluding hydrogens is 224 g/mol. The molecule has 0 radical (unpaired) electrons. The zero-order valence-corrected chi connectivity index (χ0v) is 12.0. The van der Waals surface area contributed by atoms with Crippen LogP contribution >= 0.6 is 0 Å². The van der Waals surface area contributed by atoms with Gasteiger partial charge in [-0.2, -0.15) is 0 Å². The molecule has 0 aliphatic rings. The van der Waals surface area contributed by atoms with Crippen LogP contribution in [0.3, 0.4) is 0 Å². The first kappa shape index (κ1) is 14.6. The number of anilines is 2. The lowest BCUT2D eigenvalue weighted by molar-refractivity contribution is -0.116. The first-order chi connectivity index (χ1) is 8.45. The Hall–Kier alpha value is -1.51. The second-order valence-electron chi connectivity index (χ2n) is 4.95. The van der Waals surface area contributed by atoms with Gasteiger partial charge in [-0.15, -0.1) is 0 Å². The summed E-state index contributed by atoms with van der Waals surface area (Å²) in [7, 11) is 1.79. The molecule has 0 unspecified atom stereocenters. The molecule has 0 aliphatic heterocycles. The van der Waals surface area contributed by atoms with Crippen LogP contribution in [0.4, 0.5) is 11.4 Å². The number of benzene rings is 1. The van der Waals surface area contributed by atoms with Crippen molar-refractivity contribution in [2.24, 2.45) is 5.92 Å². The maximum atomic E-state index is 11.3. The van der Waals surface area contributed by atoms with Crippen LogP contribution in [0, 0.1) is 5.92 Å². The van der Waals surface area contributed by atoms with Crippen LogP contribution in [0.25, 0.3) is 0 Å². The lowest BCUT2D eigenvalue weighted by Gasteiger charge is -2.22. The van der Waals surface area contributed by atoms with E-state index in [9.17, 15) is 4.79 Å². The molecular formula is C15H24N2O. The van der Waals surface area contributed by atoms with Crippen molar-refractivity contribution in [3.8, 4) is 0 Å². The molecule has 2 atom stereocenters. The van der Waals surface area contributed by atoms with Crippen LogP contribution in [-0.2, 0) is 4.79 Å². The number of amides is 1. The zero-order valence-electron chi connectivity index (χ0n) is 12.0. The van der Waals surface area contributed by atoms with Crippen molar-refractivity contribution in [1.29, 1.82) is 0 Å². The van der Waals surface area contributed by atoms with E-state index in [4.69, 9.17) is 0 Å². The summed E-state index contributed by atoms with van der Waals surface area (Å²) in [4.78, 5) is 13.0. The zero-order chi connectivity index (χ0) is 13.7. The van der Waals surface area contributed by atoms with Gasteiger partial charge in [0.25, 0.3) is 0 Å². The minimum Gasteiger partial charge on any atom is -0.382 e. The van der Waals surface area contributed by atoms with E-state index < -0.39 is 0 Å². The smallest absolute Gasteiger partial charge is 0.223 e. The van der Waals surface area contributed by atoms with Crippen molar-refractivity contribution in [3.05, 3.63) is 24.3 Å². The number of nitrogens with zero attached hydrogens (tertiary/aromatic N) is 1. The van der Waals surface area contributed by atoms with Crippen molar-refractivity contribution in [1.82, 2.24) is 0 Å². The van der Waals surface area contributed by atoms with Crippen LogP contribution in [0.15, 0.2) is 24.3 Å². The Morgan fingerprint density at radius 1 is 1.39 bits per heavy atom. The van der Waals surface area contributed by atoms with Gasteiger partial charge < -0.3 is 10.2 Å². The van der Waals surface area contributed by atoms with Crippen LogP contribution in [-0.4, -0.2) is 19.0 Å². The fourth-order valence-corrected chi connectivity index (χ4v) is 1.74. The summed E-state index contributed by atoms with van der Waals surface area (Å²) in [5.41, 5.74) is 1.98. The van der Waals surface area contributed by atoms with Gasteiger partial charge in [0.05, 0.1) is 0 Å². The highest BCUT2D eigenvalue weighted by Gasteiger charge is 2.11. The normalized spacial score (nSPS) is 13.8. The third kappa shape index (κ3) is 3.76. The van der Waals surface area contributed by atoms with Crippen molar-refractivity contribution >= 4 is 17.3 Å². The minimum atomic E-state index is 0.0436. The van der Waals surface area contributed by atoms with E-state index in [2.05, 4.69) is 26.1 Å². The molecule has 1 N–H and O–H groups in total. The molecule has 3 heteroatoms. The van der Waals surface area contributed by atoms with E-state index in [1.807, 2.05) is 24.3 Å². The lowest BCUT2D eigenvalue weighted by Crippen LogP contribution is -2.24. The highest BCUT2D eigenvalue weighted by atomic mass is 16.2. The molecule has 100 valence electrons. The molecule has 0 aromatic heterocycles. The van der Waals surface area contributed by atoms with Gasteiger partial charge in [-0.05, 0) is 31.0 Å². The molecule has 3 nitrogen and oxygen atoms in total. The molecule has 0 fully saturated rings. The second-order valence-corrected chi connectivity index (χ2v) is 4.95. The summed E-state index contributed by atoms with van der Waals surface area (Å²) in [6, 6.07) is 8.39. The van der Waals surface area contributed by atoms with Crippen LogP contribution < -0.4 is 10.2 Å². The Morgan fingerprint density at radius 3 is 2.61 bits per heavy atom. The fraction of sp³-hybridized carbons (Fsp3) is 0.533. The van der Waals surface area contributed by atoms with Gasteiger partial charge >= 0.3 is 0 Å². The standard InChI is InChI=1S/C15H24N2O/c1-6-11(2)12(3)16-14-8-7-9-15(10-14)17(5)13(4)18/h7-12,16H,6H2,1-5H3/t11-,12+/m0/s1. The molecule has 1 aromatic rings. The Morgan fingerprint density at radius 2 is 2.06 bits per heavy atom. The molecule has 18 heavy (non-hydrogen) atoms. The monoisotopic (exact) mass is 248 g/mol. The molecule has 0 saturated carbocycles. The summed E-state index contributed by atoms with van der Waals surface area (Å²) < 4.78 is 0. The molecule has 1 rings (SSSR count). The van der Waals surface area contributed by atoms with Crippen LogP contribution in [0.2, 0.25) is 0 Å². The van der Waals surface area contributed by atoms with Gasteiger partial charge in [0.15, 0.2) is 0 Å². The molecule has 0 heterocycles. The average Bonchev–Trinajstić information content (AvgIpc) is 2.36. The first-order valence-corrected chi connectivity index (χ1v) is 6.56. The van der Waals surface area contributed by atoms with Crippen molar-refractivity contribution < 1.29 is 4.79 Å². The SMILES string of the molecule is CC[C@H](C)[C@@H](C)Nc1cccc(N(C)C(C)=O)c1. The second kappa shape index (κ2) is 6.43. The lowest BCUT2D eigenvalue weighted by atomic mass is 10.0. The molecule has 0 aliphatic carbocycles. The van der Waals surface area contributed by atoms with E-state index >= 15 is 0 Å².